The van der Waals surface area contributed by atoms with Crippen LogP contribution in [0.15, 0.2) is 0 Å². The molecule has 15 heavy (non-hydrogen) atoms. The van der Waals surface area contributed by atoms with Gasteiger partial charge < -0.3 is 0 Å². The Labute approximate surface area is 93.8 Å². The fourth-order valence-electron chi connectivity index (χ4n) is 5.93. The minimum atomic E-state index is 1.09. The monoisotopic (exact) mass is 204 g/mol. The maximum atomic E-state index is 2.61. The normalized spacial score (nSPS) is 61.8. The number of hydrogen-bond acceptors (Lipinski definition) is 0. The summed E-state index contributed by atoms with van der Waals surface area (Å²) in [5, 5.41) is 0. The zero-order valence-corrected chi connectivity index (χ0v) is 9.99. The molecule has 7 unspecified atom stereocenters. The van der Waals surface area contributed by atoms with Gasteiger partial charge in [-0.2, -0.15) is 0 Å². The van der Waals surface area contributed by atoms with E-state index in [0.29, 0.717) is 0 Å². The van der Waals surface area contributed by atoms with E-state index < -0.39 is 0 Å². The van der Waals surface area contributed by atoms with Gasteiger partial charge in [0.05, 0.1) is 0 Å². The number of fused-ring (bicyclic) bond motifs is 5. The molecular weight excluding hydrogens is 180 g/mol. The molecule has 0 spiro atoms. The number of rotatable bonds is 0. The van der Waals surface area contributed by atoms with Crippen molar-refractivity contribution in [2.24, 2.45) is 41.4 Å². The predicted molar refractivity (Wildman–Crippen MR) is 62.4 cm³/mol. The molecular formula is C15H24. The van der Waals surface area contributed by atoms with E-state index in [1.807, 2.05) is 0 Å². The van der Waals surface area contributed by atoms with Crippen molar-refractivity contribution < 1.29 is 0 Å². The van der Waals surface area contributed by atoms with Crippen molar-refractivity contribution in [1.82, 2.24) is 0 Å². The molecule has 0 aromatic carbocycles. The largest absolute Gasteiger partial charge is 0.0619 e. The van der Waals surface area contributed by atoms with E-state index in [1.165, 1.54) is 29.6 Å². The second-order valence-electron chi connectivity index (χ2n) is 6.95. The van der Waals surface area contributed by atoms with Gasteiger partial charge in [0, 0.05) is 0 Å². The first-order valence-corrected chi connectivity index (χ1v) is 7.36. The summed E-state index contributed by atoms with van der Waals surface area (Å²) in [6.07, 6.45) is 11.1. The first kappa shape index (κ1) is 9.07. The van der Waals surface area contributed by atoms with E-state index in [9.17, 15) is 0 Å². The van der Waals surface area contributed by atoms with Gasteiger partial charge in [-0.15, -0.1) is 0 Å². The van der Waals surface area contributed by atoms with Crippen LogP contribution in [-0.4, -0.2) is 0 Å². The van der Waals surface area contributed by atoms with E-state index in [0.717, 1.165) is 11.8 Å². The minimum Gasteiger partial charge on any atom is -0.0619 e. The highest BCUT2D eigenvalue weighted by molar-refractivity contribution is 5.07. The molecule has 84 valence electrons. The lowest BCUT2D eigenvalue weighted by Crippen LogP contribution is -2.24. The highest BCUT2D eigenvalue weighted by atomic mass is 14.6. The molecule has 4 aliphatic rings. The molecule has 0 aromatic heterocycles. The highest BCUT2D eigenvalue weighted by Crippen LogP contribution is 2.66. The quantitative estimate of drug-likeness (QED) is 0.557. The van der Waals surface area contributed by atoms with Gasteiger partial charge in [-0.1, -0.05) is 19.8 Å². The van der Waals surface area contributed by atoms with Crippen LogP contribution in [0.5, 0.6) is 0 Å². The summed E-state index contributed by atoms with van der Waals surface area (Å²) >= 11 is 0. The first-order chi connectivity index (χ1) is 7.36. The lowest BCUT2D eigenvalue weighted by atomic mass is 9.73. The van der Waals surface area contributed by atoms with Crippen LogP contribution in [0.1, 0.15) is 51.9 Å². The van der Waals surface area contributed by atoms with Gasteiger partial charge in [0.15, 0.2) is 0 Å². The lowest BCUT2D eigenvalue weighted by molar-refractivity contribution is 0.177. The Morgan fingerprint density at radius 3 is 2.40 bits per heavy atom. The summed E-state index contributed by atoms with van der Waals surface area (Å²) in [5.74, 6) is 8.15. The van der Waals surface area contributed by atoms with Crippen LogP contribution in [0.25, 0.3) is 0 Å². The molecule has 4 fully saturated rings. The molecule has 0 radical (unpaired) electrons. The molecule has 0 nitrogen and oxygen atoms in total. The standard InChI is InChI=1S/C15H24/c1-9-11-4-2-3-5-12(11)13-7-6-10-8-14(10)15(9)13/h9-15H,2-8H2,1H3. The van der Waals surface area contributed by atoms with E-state index in [1.54, 1.807) is 44.9 Å². The molecule has 0 heteroatoms. The van der Waals surface area contributed by atoms with Crippen molar-refractivity contribution in [3.63, 3.8) is 0 Å². The maximum absolute atomic E-state index is 2.61. The molecule has 0 saturated heterocycles. The Balaban J connectivity index is 1.65. The first-order valence-electron chi connectivity index (χ1n) is 7.36. The topological polar surface area (TPSA) is 0 Å². The summed E-state index contributed by atoms with van der Waals surface area (Å²) in [7, 11) is 0. The maximum Gasteiger partial charge on any atom is -0.0323 e. The zero-order valence-electron chi connectivity index (χ0n) is 9.99. The van der Waals surface area contributed by atoms with Gasteiger partial charge in [0.1, 0.15) is 0 Å². The van der Waals surface area contributed by atoms with Crippen molar-refractivity contribution in [2.75, 3.05) is 0 Å². The zero-order chi connectivity index (χ0) is 9.99. The third-order valence-corrected chi connectivity index (χ3v) is 6.54. The molecule has 4 saturated carbocycles. The van der Waals surface area contributed by atoms with Gasteiger partial charge >= 0.3 is 0 Å². The molecule has 0 bridgehead atoms. The Morgan fingerprint density at radius 1 is 0.733 bits per heavy atom. The van der Waals surface area contributed by atoms with Gasteiger partial charge in [0.25, 0.3) is 0 Å². The van der Waals surface area contributed by atoms with Crippen molar-refractivity contribution in [1.29, 1.82) is 0 Å². The third kappa shape index (κ3) is 1.14. The molecule has 0 aliphatic heterocycles. The predicted octanol–water partition coefficient (Wildman–Crippen LogP) is 4.10. The third-order valence-electron chi connectivity index (χ3n) is 6.54. The van der Waals surface area contributed by atoms with Crippen molar-refractivity contribution in [2.45, 2.75) is 51.9 Å². The Hall–Kier alpha value is 0. The van der Waals surface area contributed by atoms with E-state index >= 15 is 0 Å². The van der Waals surface area contributed by atoms with Crippen molar-refractivity contribution in [3.05, 3.63) is 0 Å². The molecule has 0 amide bonds. The number of hydrogen-bond donors (Lipinski definition) is 0. The van der Waals surface area contributed by atoms with Gasteiger partial charge in [-0.05, 0) is 73.5 Å². The Morgan fingerprint density at radius 2 is 1.53 bits per heavy atom. The Bertz CT molecular complexity index is 269. The van der Waals surface area contributed by atoms with Gasteiger partial charge in [-0.3, -0.25) is 0 Å². The second-order valence-corrected chi connectivity index (χ2v) is 6.95. The molecule has 7 atom stereocenters. The van der Waals surface area contributed by atoms with Crippen molar-refractivity contribution >= 4 is 0 Å². The van der Waals surface area contributed by atoms with Crippen LogP contribution in [0.2, 0.25) is 0 Å². The van der Waals surface area contributed by atoms with Crippen LogP contribution in [0.3, 0.4) is 0 Å². The summed E-state index contributed by atoms with van der Waals surface area (Å²) < 4.78 is 0. The highest BCUT2D eigenvalue weighted by Gasteiger charge is 2.58. The molecule has 4 rings (SSSR count). The summed E-state index contributed by atoms with van der Waals surface area (Å²) in [6.45, 7) is 2.61. The van der Waals surface area contributed by atoms with Crippen LogP contribution < -0.4 is 0 Å². The molecule has 0 N–H and O–H groups in total. The fourth-order valence-corrected chi connectivity index (χ4v) is 5.93. The molecule has 0 aromatic rings. The fraction of sp³-hybridized carbons (Fsp3) is 1.00. The summed E-state index contributed by atoms with van der Waals surface area (Å²) in [5.41, 5.74) is 0. The van der Waals surface area contributed by atoms with Crippen LogP contribution in [0, 0.1) is 41.4 Å². The Kier molecular flexibility index (Phi) is 1.83. The SMILES string of the molecule is CC1C2CCCCC2C2CCC3CC3C12. The van der Waals surface area contributed by atoms with E-state index in [-0.39, 0.29) is 0 Å². The smallest absolute Gasteiger partial charge is 0.0323 e. The van der Waals surface area contributed by atoms with Crippen molar-refractivity contribution in [3.8, 4) is 0 Å². The van der Waals surface area contributed by atoms with Crippen LogP contribution in [-0.2, 0) is 0 Å². The lowest BCUT2D eigenvalue weighted by Gasteiger charge is -2.32. The summed E-state index contributed by atoms with van der Waals surface area (Å²) in [6, 6.07) is 0. The van der Waals surface area contributed by atoms with E-state index in [4.69, 9.17) is 0 Å². The molecule has 0 heterocycles. The molecule has 4 aliphatic carbocycles. The average Bonchev–Trinajstić information content (AvgIpc) is 3.01. The van der Waals surface area contributed by atoms with E-state index in [2.05, 4.69) is 6.92 Å². The van der Waals surface area contributed by atoms with Crippen LogP contribution >= 0.6 is 0 Å². The van der Waals surface area contributed by atoms with Gasteiger partial charge in [0.2, 0.25) is 0 Å². The summed E-state index contributed by atoms with van der Waals surface area (Å²) in [4.78, 5) is 0. The minimum absolute atomic E-state index is 1.09. The van der Waals surface area contributed by atoms with Gasteiger partial charge in [-0.25, -0.2) is 0 Å². The van der Waals surface area contributed by atoms with Crippen LogP contribution in [0.4, 0.5) is 0 Å². The second kappa shape index (κ2) is 3.02. The average molecular weight is 204 g/mol.